The number of aliphatic carboxylic acids is 1. The average Bonchev–Trinajstić information content (AvgIpc) is 3.65. The van der Waals surface area contributed by atoms with Crippen LogP contribution in [0.4, 0.5) is 0 Å². The summed E-state index contributed by atoms with van der Waals surface area (Å²) in [5, 5.41) is 14.6. The van der Waals surface area contributed by atoms with Gasteiger partial charge in [0, 0.05) is 51.9 Å². The number of rotatable bonds is 9. The van der Waals surface area contributed by atoms with E-state index in [4.69, 9.17) is 21.3 Å². The molecule has 0 bridgehead atoms. The van der Waals surface area contributed by atoms with Crippen LogP contribution in [-0.2, 0) is 28.9 Å². The monoisotopic (exact) mass is 652 g/mol. The first kappa shape index (κ1) is 32.2. The minimum Gasteiger partial charge on any atom is -0.481 e. The predicted molar refractivity (Wildman–Crippen MR) is 176 cm³/mol. The van der Waals surface area contributed by atoms with Gasteiger partial charge in [-0.2, -0.15) is 23.5 Å². The van der Waals surface area contributed by atoms with Crippen molar-refractivity contribution in [1.29, 1.82) is 0 Å². The minimum absolute atomic E-state index is 0.00446. The van der Waals surface area contributed by atoms with Crippen molar-refractivity contribution in [1.82, 2.24) is 19.8 Å². The normalized spacial score (nSPS) is 37.8. The number of carboxylic acids is 1. The number of aryl methyl sites for hydroxylation is 2. The zero-order chi connectivity index (χ0) is 30.2. The largest absolute Gasteiger partial charge is 0.481 e. The highest BCUT2D eigenvalue weighted by atomic mass is 35.5. The molecule has 0 aromatic carbocycles. The Hall–Kier alpha value is -0.780. The van der Waals surface area contributed by atoms with Crippen molar-refractivity contribution in [2.75, 3.05) is 31.7 Å². The first-order valence-corrected chi connectivity index (χ1v) is 19.0. The number of carboxylic acid groups (broad SMARTS) is 1. The number of fused-ring (bicyclic) bond motifs is 2. The van der Waals surface area contributed by atoms with Gasteiger partial charge in [-0.25, -0.2) is 4.98 Å². The Bertz CT molecular complexity index is 1210. The van der Waals surface area contributed by atoms with Crippen molar-refractivity contribution in [3.05, 3.63) is 27.4 Å². The lowest BCUT2D eigenvalue weighted by molar-refractivity contribution is -0.142. The number of ether oxygens (including phenoxy) is 1. The molecule has 1 aromatic heterocycles. The van der Waals surface area contributed by atoms with Crippen LogP contribution < -0.4 is 10.9 Å². The van der Waals surface area contributed by atoms with Crippen LogP contribution in [0.5, 0.6) is 0 Å². The van der Waals surface area contributed by atoms with E-state index in [0.29, 0.717) is 36.8 Å². The predicted octanol–water partition coefficient (Wildman–Crippen LogP) is 4.21. The number of nitrogens with zero attached hydrogens (tertiary/aromatic N) is 3. The molecular formula is C32H49ClN4O4S2. The summed E-state index contributed by atoms with van der Waals surface area (Å²) < 4.78 is 8.48. The molecule has 8 nitrogen and oxygen atoms in total. The third kappa shape index (κ3) is 6.99. The zero-order valence-electron chi connectivity index (χ0n) is 25.9. The maximum absolute atomic E-state index is 13.8. The van der Waals surface area contributed by atoms with Gasteiger partial charge < -0.3 is 20.1 Å². The summed E-state index contributed by atoms with van der Waals surface area (Å²) in [7, 11) is 2.23. The number of nitrogens with one attached hydrogen (secondary N) is 1. The Morgan fingerprint density at radius 1 is 1.21 bits per heavy atom. The molecular weight excluding hydrogens is 604 g/mol. The van der Waals surface area contributed by atoms with Gasteiger partial charge in [-0.15, -0.1) is 11.6 Å². The first-order chi connectivity index (χ1) is 20.7. The quantitative estimate of drug-likeness (QED) is 0.380. The number of alkyl halides is 1. The third-order valence-electron chi connectivity index (χ3n) is 10.9. The van der Waals surface area contributed by atoms with E-state index < -0.39 is 5.97 Å². The van der Waals surface area contributed by atoms with Gasteiger partial charge in [0.15, 0.2) is 0 Å². The second kappa shape index (κ2) is 13.9. The Morgan fingerprint density at radius 2 is 2.05 bits per heavy atom. The number of piperidine rings is 1. The van der Waals surface area contributed by atoms with Crippen molar-refractivity contribution >= 4 is 41.1 Å². The van der Waals surface area contributed by atoms with E-state index in [0.717, 1.165) is 73.8 Å². The average molecular weight is 653 g/mol. The molecule has 11 heteroatoms. The lowest BCUT2D eigenvalue weighted by atomic mass is 9.70. The summed E-state index contributed by atoms with van der Waals surface area (Å²) in [5.74, 6) is 2.33. The molecule has 4 heterocycles. The Balaban J connectivity index is 1.12. The molecule has 0 spiro atoms. The molecule has 2 aliphatic carbocycles. The standard InChI is InChI=1S/C32H49ClN4O4S2/c1-18-13-24(30-29(34-18)26(17-43-30)32(39)40)23-14-20(33)6-9-28(23)41-11-10-37-19(2)35-27-8-7-21(15-25(27)31(37)38)36(3)16-22-5-4-12-42-22/h18,20-24,26,28-30,34H,4-17H2,1-3H3,(H,39,40). The van der Waals surface area contributed by atoms with E-state index in [2.05, 4.69) is 35.9 Å². The number of halogens is 1. The van der Waals surface area contributed by atoms with E-state index in [9.17, 15) is 14.7 Å². The summed E-state index contributed by atoms with van der Waals surface area (Å²) >= 11 is 10.7. The number of hydrogen-bond acceptors (Lipinski definition) is 8. The van der Waals surface area contributed by atoms with Crippen LogP contribution in [0.2, 0.25) is 0 Å². The van der Waals surface area contributed by atoms with Gasteiger partial charge in [-0.1, -0.05) is 0 Å². The molecule has 240 valence electrons. The molecule has 5 aliphatic rings. The van der Waals surface area contributed by atoms with Crippen LogP contribution in [0.3, 0.4) is 0 Å². The third-order valence-corrected chi connectivity index (χ3v) is 14.3. The maximum atomic E-state index is 13.8. The van der Waals surface area contributed by atoms with E-state index in [-0.39, 0.29) is 40.3 Å². The van der Waals surface area contributed by atoms with Crippen LogP contribution in [-0.4, -0.2) is 97.3 Å². The summed E-state index contributed by atoms with van der Waals surface area (Å²) in [6.45, 7) is 6.20. The van der Waals surface area contributed by atoms with E-state index >= 15 is 0 Å². The van der Waals surface area contributed by atoms with Crippen molar-refractivity contribution in [2.45, 2.75) is 118 Å². The van der Waals surface area contributed by atoms with Crippen molar-refractivity contribution < 1.29 is 14.6 Å². The van der Waals surface area contributed by atoms with Crippen LogP contribution in [0.1, 0.15) is 69.0 Å². The van der Waals surface area contributed by atoms with E-state index in [1.54, 1.807) is 0 Å². The van der Waals surface area contributed by atoms with Gasteiger partial charge in [0.05, 0.1) is 30.9 Å². The fourth-order valence-electron chi connectivity index (χ4n) is 8.62. The van der Waals surface area contributed by atoms with Gasteiger partial charge in [-0.05, 0) is 96.3 Å². The van der Waals surface area contributed by atoms with Crippen molar-refractivity contribution in [2.24, 2.45) is 17.8 Å². The topological polar surface area (TPSA) is 96.7 Å². The number of aromatic nitrogens is 2. The SMILES string of the molecule is Cc1nc2c(c(=O)n1CCOC1CCC(Cl)CC1C1CC(C)NC3C(C(=O)O)CSC13)CC(N(C)CC1CCCS1)CC2. The number of likely N-dealkylation sites (N-methyl/N-ethyl adjacent to an activating group) is 1. The van der Waals surface area contributed by atoms with Gasteiger partial charge in [0.1, 0.15) is 5.82 Å². The highest BCUT2D eigenvalue weighted by molar-refractivity contribution is 8.00. The molecule has 1 saturated carbocycles. The molecule has 0 amide bonds. The molecule has 2 N–H and O–H groups in total. The fraction of sp³-hybridized carbons (Fsp3) is 0.844. The fourth-order valence-corrected chi connectivity index (χ4v) is 12.1. The Labute approximate surface area is 269 Å². The van der Waals surface area contributed by atoms with Crippen LogP contribution in [0.15, 0.2) is 4.79 Å². The highest BCUT2D eigenvalue weighted by Crippen LogP contribution is 2.48. The smallest absolute Gasteiger partial charge is 0.308 e. The molecule has 3 aliphatic heterocycles. The minimum atomic E-state index is -0.697. The zero-order valence-corrected chi connectivity index (χ0v) is 28.3. The molecule has 4 fully saturated rings. The molecule has 3 saturated heterocycles. The second-order valence-corrected chi connectivity index (χ2v) is 17.0. The molecule has 43 heavy (non-hydrogen) atoms. The van der Waals surface area contributed by atoms with Crippen molar-refractivity contribution in [3.63, 3.8) is 0 Å². The van der Waals surface area contributed by atoms with E-state index in [1.807, 2.05) is 23.3 Å². The summed E-state index contributed by atoms with van der Waals surface area (Å²) in [6.07, 6.45) is 9.16. The lowest BCUT2D eigenvalue weighted by Gasteiger charge is -2.47. The number of hydrogen-bond donors (Lipinski definition) is 2. The van der Waals surface area contributed by atoms with Crippen LogP contribution in [0, 0.1) is 24.7 Å². The lowest BCUT2D eigenvalue weighted by Crippen LogP contribution is -2.57. The second-order valence-electron chi connectivity index (χ2n) is 13.7. The molecule has 10 atom stereocenters. The van der Waals surface area contributed by atoms with Gasteiger partial charge in [-0.3, -0.25) is 14.2 Å². The highest BCUT2D eigenvalue weighted by Gasteiger charge is 2.51. The van der Waals surface area contributed by atoms with Gasteiger partial charge in [0.2, 0.25) is 0 Å². The van der Waals surface area contributed by atoms with Gasteiger partial charge in [0.25, 0.3) is 5.56 Å². The number of carbonyl (C=O) groups is 1. The molecule has 1 aromatic rings. The molecule has 10 unspecified atom stereocenters. The van der Waals surface area contributed by atoms with Gasteiger partial charge >= 0.3 is 5.97 Å². The summed E-state index contributed by atoms with van der Waals surface area (Å²) in [4.78, 5) is 33.2. The van der Waals surface area contributed by atoms with E-state index in [1.165, 1.54) is 18.6 Å². The van der Waals surface area contributed by atoms with Crippen molar-refractivity contribution in [3.8, 4) is 0 Å². The van der Waals surface area contributed by atoms with Crippen LogP contribution in [0.25, 0.3) is 0 Å². The summed E-state index contributed by atoms with van der Waals surface area (Å²) in [6, 6.07) is 0.661. The Kier molecular flexibility index (Phi) is 10.4. The first-order valence-electron chi connectivity index (χ1n) is 16.5. The summed E-state index contributed by atoms with van der Waals surface area (Å²) in [5.41, 5.74) is 2.00. The Morgan fingerprint density at radius 3 is 2.81 bits per heavy atom. The maximum Gasteiger partial charge on any atom is 0.308 e. The molecule has 0 radical (unpaired) electrons. The van der Waals surface area contributed by atoms with Crippen LogP contribution >= 0.6 is 35.1 Å². The molecule has 6 rings (SSSR count). The number of thioether (sulfide) groups is 2.